The van der Waals surface area contributed by atoms with E-state index in [1.54, 1.807) is 6.20 Å². The lowest BCUT2D eigenvalue weighted by atomic mass is 9.80. The molecule has 0 unspecified atom stereocenters. The number of amides is 1. The molecule has 2 saturated carbocycles. The van der Waals surface area contributed by atoms with E-state index in [2.05, 4.69) is 4.98 Å². The van der Waals surface area contributed by atoms with Crippen LogP contribution in [0.2, 0.25) is 0 Å². The van der Waals surface area contributed by atoms with E-state index in [0.717, 1.165) is 44.1 Å². The molecule has 1 amide bonds. The van der Waals surface area contributed by atoms with Crippen molar-refractivity contribution in [3.63, 3.8) is 0 Å². The molecule has 2 aliphatic rings. The fourth-order valence-corrected chi connectivity index (χ4v) is 3.33. The van der Waals surface area contributed by atoms with Crippen molar-refractivity contribution in [2.24, 2.45) is 5.73 Å². The van der Waals surface area contributed by atoms with Crippen LogP contribution in [0, 0.1) is 0 Å². The van der Waals surface area contributed by atoms with Gasteiger partial charge < -0.3 is 10.6 Å². The maximum Gasteiger partial charge on any atom is 0.224 e. The highest BCUT2D eigenvalue weighted by atomic mass is 16.2. The molecule has 1 aromatic rings. The van der Waals surface area contributed by atoms with E-state index in [0.29, 0.717) is 19.0 Å². The van der Waals surface area contributed by atoms with E-state index in [9.17, 15) is 4.79 Å². The van der Waals surface area contributed by atoms with Crippen LogP contribution in [0.1, 0.15) is 56.9 Å². The smallest absolute Gasteiger partial charge is 0.224 e. The van der Waals surface area contributed by atoms with Crippen LogP contribution in [-0.4, -0.2) is 27.4 Å². The van der Waals surface area contributed by atoms with Gasteiger partial charge in [-0.15, -0.1) is 0 Å². The highest BCUT2D eigenvalue weighted by Crippen LogP contribution is 2.33. The minimum absolute atomic E-state index is 0.228. The van der Waals surface area contributed by atoms with Crippen molar-refractivity contribution in [1.29, 1.82) is 0 Å². The van der Waals surface area contributed by atoms with Crippen molar-refractivity contribution >= 4 is 5.91 Å². The van der Waals surface area contributed by atoms with Crippen LogP contribution in [0.15, 0.2) is 24.5 Å². The van der Waals surface area contributed by atoms with Gasteiger partial charge in [-0.2, -0.15) is 0 Å². The second-order valence-corrected chi connectivity index (χ2v) is 6.71. The third kappa shape index (κ3) is 3.82. The summed E-state index contributed by atoms with van der Waals surface area (Å²) in [5, 5.41) is 0. The molecule has 0 atom stereocenters. The number of carbonyl (C=O) groups is 1. The first-order valence-electron chi connectivity index (χ1n) is 8.14. The molecule has 0 aromatic carbocycles. The van der Waals surface area contributed by atoms with Gasteiger partial charge >= 0.3 is 0 Å². The molecule has 0 saturated heterocycles. The minimum atomic E-state index is -0.266. The van der Waals surface area contributed by atoms with Gasteiger partial charge in [-0.3, -0.25) is 9.78 Å². The molecule has 2 N–H and O–H groups in total. The van der Waals surface area contributed by atoms with Gasteiger partial charge in [0.15, 0.2) is 0 Å². The van der Waals surface area contributed by atoms with Crippen molar-refractivity contribution in [3.8, 4) is 0 Å². The number of carbonyl (C=O) groups excluding carboxylic acids is 1. The molecule has 21 heavy (non-hydrogen) atoms. The van der Waals surface area contributed by atoms with Gasteiger partial charge in [-0.1, -0.05) is 25.3 Å². The molecular weight excluding hydrogens is 262 g/mol. The number of hydrogen-bond donors (Lipinski definition) is 1. The Kier molecular flexibility index (Phi) is 4.24. The first-order valence-corrected chi connectivity index (χ1v) is 8.14. The predicted octanol–water partition coefficient (Wildman–Crippen LogP) is 2.62. The third-order valence-corrected chi connectivity index (χ3v) is 4.74. The largest absolute Gasteiger partial charge is 0.335 e. The van der Waals surface area contributed by atoms with Crippen LogP contribution in [0.4, 0.5) is 0 Å². The van der Waals surface area contributed by atoms with Gasteiger partial charge in [0.25, 0.3) is 0 Å². The van der Waals surface area contributed by atoms with Crippen LogP contribution < -0.4 is 5.73 Å². The van der Waals surface area contributed by atoms with Crippen LogP contribution in [0.25, 0.3) is 0 Å². The minimum Gasteiger partial charge on any atom is -0.335 e. The number of aromatic nitrogens is 1. The maximum atomic E-state index is 12.7. The quantitative estimate of drug-likeness (QED) is 0.905. The topological polar surface area (TPSA) is 59.2 Å². The van der Waals surface area contributed by atoms with E-state index in [1.807, 2.05) is 23.2 Å². The normalized spacial score (nSPS) is 21.0. The Hall–Kier alpha value is -1.42. The maximum absolute atomic E-state index is 12.7. The Labute approximate surface area is 126 Å². The van der Waals surface area contributed by atoms with Crippen LogP contribution in [-0.2, 0) is 11.3 Å². The van der Waals surface area contributed by atoms with E-state index in [1.165, 1.54) is 6.42 Å². The highest BCUT2D eigenvalue weighted by molar-refractivity contribution is 5.78. The lowest BCUT2D eigenvalue weighted by molar-refractivity contribution is -0.134. The van der Waals surface area contributed by atoms with Gasteiger partial charge in [0.05, 0.1) is 0 Å². The number of hydrogen-bond acceptors (Lipinski definition) is 3. The van der Waals surface area contributed by atoms with Gasteiger partial charge in [-0.05, 0) is 37.3 Å². The van der Waals surface area contributed by atoms with Crippen molar-refractivity contribution in [2.75, 3.05) is 0 Å². The molecule has 0 radical (unpaired) electrons. The lowest BCUT2D eigenvalue weighted by Gasteiger charge is -2.35. The lowest BCUT2D eigenvalue weighted by Crippen LogP contribution is -2.47. The summed E-state index contributed by atoms with van der Waals surface area (Å²) in [6.07, 6.45) is 11.9. The van der Waals surface area contributed by atoms with Crippen molar-refractivity contribution in [2.45, 2.75) is 69.5 Å². The third-order valence-electron chi connectivity index (χ3n) is 4.74. The van der Waals surface area contributed by atoms with Crippen molar-refractivity contribution in [1.82, 2.24) is 9.88 Å². The Morgan fingerprint density at radius 1 is 1.33 bits per heavy atom. The molecule has 3 rings (SSSR count). The molecule has 2 aliphatic carbocycles. The van der Waals surface area contributed by atoms with Gasteiger partial charge in [0.1, 0.15) is 0 Å². The van der Waals surface area contributed by atoms with E-state index < -0.39 is 0 Å². The highest BCUT2D eigenvalue weighted by Gasteiger charge is 2.37. The SMILES string of the molecule is NC1(CC(=O)N(Cc2cccnc2)C2CC2)CCCCC1. The zero-order valence-corrected chi connectivity index (χ0v) is 12.6. The predicted molar refractivity (Wildman–Crippen MR) is 82.4 cm³/mol. The Morgan fingerprint density at radius 3 is 2.71 bits per heavy atom. The molecular formula is C17H25N3O. The Bertz CT molecular complexity index is 478. The molecule has 4 nitrogen and oxygen atoms in total. The molecule has 0 bridgehead atoms. The van der Waals surface area contributed by atoms with Crippen LogP contribution in [0.5, 0.6) is 0 Å². The summed E-state index contributed by atoms with van der Waals surface area (Å²) in [5.74, 6) is 0.228. The number of nitrogens with zero attached hydrogens (tertiary/aromatic N) is 2. The second-order valence-electron chi connectivity index (χ2n) is 6.71. The Morgan fingerprint density at radius 2 is 2.10 bits per heavy atom. The second kappa shape index (κ2) is 6.14. The average molecular weight is 287 g/mol. The molecule has 114 valence electrons. The van der Waals surface area contributed by atoms with Gasteiger partial charge in [-0.25, -0.2) is 0 Å². The molecule has 0 spiro atoms. The monoisotopic (exact) mass is 287 g/mol. The standard InChI is InChI=1S/C17H25N3O/c18-17(8-2-1-3-9-17)11-16(21)20(15-6-7-15)13-14-5-4-10-19-12-14/h4-5,10,12,15H,1-3,6-9,11,13,18H2. The summed E-state index contributed by atoms with van der Waals surface area (Å²) in [5.41, 5.74) is 7.29. The molecule has 0 aliphatic heterocycles. The summed E-state index contributed by atoms with van der Waals surface area (Å²) in [4.78, 5) is 18.9. The van der Waals surface area contributed by atoms with Crippen LogP contribution in [0.3, 0.4) is 0 Å². The summed E-state index contributed by atoms with van der Waals surface area (Å²) >= 11 is 0. The van der Waals surface area contributed by atoms with Gasteiger partial charge in [0, 0.05) is 36.9 Å². The summed E-state index contributed by atoms with van der Waals surface area (Å²) in [6.45, 7) is 0.674. The summed E-state index contributed by atoms with van der Waals surface area (Å²) in [7, 11) is 0. The zero-order chi connectivity index (χ0) is 14.7. The summed E-state index contributed by atoms with van der Waals surface area (Å²) < 4.78 is 0. The molecule has 2 fully saturated rings. The number of rotatable bonds is 5. The molecule has 4 heteroatoms. The fraction of sp³-hybridized carbons (Fsp3) is 0.647. The first kappa shape index (κ1) is 14.5. The number of pyridine rings is 1. The average Bonchev–Trinajstić information content (AvgIpc) is 3.30. The van der Waals surface area contributed by atoms with Gasteiger partial charge in [0.2, 0.25) is 5.91 Å². The van der Waals surface area contributed by atoms with E-state index in [-0.39, 0.29) is 11.4 Å². The molecule has 1 aromatic heterocycles. The first-order chi connectivity index (χ1) is 10.2. The Balaban J connectivity index is 1.64. The molecule has 1 heterocycles. The van der Waals surface area contributed by atoms with Crippen LogP contribution >= 0.6 is 0 Å². The summed E-state index contributed by atoms with van der Waals surface area (Å²) in [6, 6.07) is 4.38. The van der Waals surface area contributed by atoms with E-state index >= 15 is 0 Å². The fourth-order valence-electron chi connectivity index (χ4n) is 3.33. The van der Waals surface area contributed by atoms with Crippen molar-refractivity contribution < 1.29 is 4.79 Å². The number of nitrogens with two attached hydrogens (primary N) is 1. The zero-order valence-electron chi connectivity index (χ0n) is 12.6. The van der Waals surface area contributed by atoms with E-state index in [4.69, 9.17) is 5.73 Å². The van der Waals surface area contributed by atoms with Crippen molar-refractivity contribution in [3.05, 3.63) is 30.1 Å².